The van der Waals surface area contributed by atoms with Gasteiger partial charge in [0, 0.05) is 12.7 Å². The minimum Gasteiger partial charge on any atom is -0.388 e. The summed E-state index contributed by atoms with van der Waals surface area (Å²) in [4.78, 5) is 6.94. The summed E-state index contributed by atoms with van der Waals surface area (Å²) in [5.74, 6) is 0.723. The number of piperidine rings is 1. The number of hydrogen-bond donors (Lipinski definition) is 2. The van der Waals surface area contributed by atoms with E-state index in [1.54, 1.807) is 6.20 Å². The molecule has 1 aliphatic heterocycles. The summed E-state index contributed by atoms with van der Waals surface area (Å²) in [5.41, 5.74) is 7.31. The van der Waals surface area contributed by atoms with Crippen molar-refractivity contribution in [3.8, 4) is 0 Å². The molecule has 3 N–H and O–H groups in total. The van der Waals surface area contributed by atoms with Crippen LogP contribution in [-0.4, -0.2) is 41.6 Å². The van der Waals surface area contributed by atoms with Crippen molar-refractivity contribution < 1.29 is 0 Å². The quantitative estimate of drug-likeness (QED) is 0.807. The van der Waals surface area contributed by atoms with Gasteiger partial charge in [0.05, 0.1) is 5.69 Å². The van der Waals surface area contributed by atoms with Crippen LogP contribution in [0.25, 0.3) is 0 Å². The van der Waals surface area contributed by atoms with Crippen molar-refractivity contribution in [2.24, 2.45) is 11.7 Å². The van der Waals surface area contributed by atoms with E-state index in [0.29, 0.717) is 10.7 Å². The minimum absolute atomic E-state index is 0.349. The van der Waals surface area contributed by atoms with E-state index in [1.807, 2.05) is 12.1 Å². The lowest BCUT2D eigenvalue weighted by molar-refractivity contribution is 0.226. The van der Waals surface area contributed by atoms with Gasteiger partial charge in [-0.05, 0) is 51.0 Å². The Bertz CT molecular complexity index is 413. The zero-order valence-corrected chi connectivity index (χ0v) is 11.5. The van der Waals surface area contributed by atoms with Crippen molar-refractivity contribution in [2.75, 3.05) is 32.0 Å². The van der Waals surface area contributed by atoms with Crippen molar-refractivity contribution in [2.45, 2.75) is 12.8 Å². The van der Waals surface area contributed by atoms with E-state index in [0.717, 1.165) is 18.2 Å². The van der Waals surface area contributed by atoms with E-state index in [9.17, 15) is 0 Å². The van der Waals surface area contributed by atoms with Crippen LogP contribution in [0.15, 0.2) is 18.3 Å². The number of thiocarbonyl (C=S) groups is 1. The lowest BCUT2D eigenvalue weighted by Gasteiger charge is -2.29. The van der Waals surface area contributed by atoms with Crippen LogP contribution < -0.4 is 11.1 Å². The fourth-order valence-corrected chi connectivity index (χ4v) is 2.43. The Kier molecular flexibility index (Phi) is 4.49. The number of nitrogens with two attached hydrogens (primary N) is 1. The van der Waals surface area contributed by atoms with E-state index < -0.39 is 0 Å². The zero-order valence-electron chi connectivity index (χ0n) is 10.7. The van der Waals surface area contributed by atoms with Gasteiger partial charge in [-0.25, -0.2) is 0 Å². The molecule has 0 radical (unpaired) electrons. The molecule has 2 rings (SSSR count). The number of hydrogen-bond acceptors (Lipinski definition) is 4. The van der Waals surface area contributed by atoms with Crippen molar-refractivity contribution in [3.63, 3.8) is 0 Å². The second-order valence-electron chi connectivity index (χ2n) is 4.89. The monoisotopic (exact) mass is 264 g/mol. The molecule has 0 spiro atoms. The number of aromatic nitrogens is 1. The number of pyridine rings is 1. The Balaban J connectivity index is 1.92. The van der Waals surface area contributed by atoms with Gasteiger partial charge in [0.2, 0.25) is 0 Å². The number of rotatable bonds is 4. The van der Waals surface area contributed by atoms with Crippen LogP contribution in [0.5, 0.6) is 0 Å². The summed E-state index contributed by atoms with van der Waals surface area (Å²) in [5, 5.41) is 3.43. The normalized spacial score (nSPS) is 17.6. The molecule has 1 aromatic rings. The first-order valence-corrected chi connectivity index (χ1v) is 6.75. The molecular formula is C13H20N4S. The molecule has 0 amide bonds. The molecule has 0 bridgehead atoms. The molecule has 2 heterocycles. The topological polar surface area (TPSA) is 54.2 Å². The largest absolute Gasteiger partial charge is 0.388 e. The van der Waals surface area contributed by atoms with Gasteiger partial charge in [-0.15, -0.1) is 0 Å². The van der Waals surface area contributed by atoms with Gasteiger partial charge in [-0.3, -0.25) is 4.98 Å². The summed E-state index contributed by atoms with van der Waals surface area (Å²) >= 11 is 5.00. The predicted octanol–water partition coefficient (Wildman–Crippen LogP) is 1.47. The molecule has 98 valence electrons. The molecule has 0 unspecified atom stereocenters. The first kappa shape index (κ1) is 13.2. The highest BCUT2D eigenvalue weighted by molar-refractivity contribution is 7.80. The third-order valence-corrected chi connectivity index (χ3v) is 3.65. The zero-order chi connectivity index (χ0) is 13.0. The maximum atomic E-state index is 5.66. The Morgan fingerprint density at radius 2 is 2.28 bits per heavy atom. The van der Waals surface area contributed by atoms with Gasteiger partial charge < -0.3 is 16.0 Å². The standard InChI is InChI=1S/C13H20N4S/c1-17-7-4-10(5-8-17)9-16-11-3-2-6-15-12(11)13(14)18/h2-3,6,10,16H,4-5,7-9H2,1H3,(H2,14,18). The smallest absolute Gasteiger partial charge is 0.124 e. The van der Waals surface area contributed by atoms with Gasteiger partial charge >= 0.3 is 0 Å². The van der Waals surface area contributed by atoms with Gasteiger partial charge in [0.1, 0.15) is 10.7 Å². The van der Waals surface area contributed by atoms with Crippen molar-refractivity contribution >= 4 is 22.9 Å². The molecule has 18 heavy (non-hydrogen) atoms. The highest BCUT2D eigenvalue weighted by atomic mass is 32.1. The lowest BCUT2D eigenvalue weighted by atomic mass is 9.97. The average Bonchev–Trinajstić information content (AvgIpc) is 2.38. The van der Waals surface area contributed by atoms with E-state index in [-0.39, 0.29) is 0 Å². The molecule has 0 atom stereocenters. The summed E-state index contributed by atoms with van der Waals surface area (Å²) in [7, 11) is 2.18. The van der Waals surface area contributed by atoms with Crippen LogP contribution >= 0.6 is 12.2 Å². The number of nitrogens with one attached hydrogen (secondary N) is 1. The fourth-order valence-electron chi connectivity index (χ4n) is 2.26. The predicted molar refractivity (Wildman–Crippen MR) is 78.8 cm³/mol. The molecule has 0 aromatic carbocycles. The molecule has 0 saturated carbocycles. The molecule has 4 nitrogen and oxygen atoms in total. The molecule has 1 aliphatic rings. The van der Waals surface area contributed by atoms with E-state index >= 15 is 0 Å². The van der Waals surface area contributed by atoms with E-state index in [1.165, 1.54) is 25.9 Å². The number of nitrogens with zero attached hydrogens (tertiary/aromatic N) is 2. The van der Waals surface area contributed by atoms with Crippen LogP contribution in [-0.2, 0) is 0 Å². The summed E-state index contributed by atoms with van der Waals surface area (Å²) in [6, 6.07) is 3.88. The minimum atomic E-state index is 0.349. The maximum absolute atomic E-state index is 5.66. The van der Waals surface area contributed by atoms with Crippen LogP contribution in [0.4, 0.5) is 5.69 Å². The SMILES string of the molecule is CN1CCC(CNc2cccnc2C(N)=S)CC1. The third-order valence-electron chi connectivity index (χ3n) is 3.46. The molecule has 5 heteroatoms. The summed E-state index contributed by atoms with van der Waals surface area (Å²) in [6.45, 7) is 3.33. The van der Waals surface area contributed by atoms with Crippen LogP contribution in [0.3, 0.4) is 0 Å². The van der Waals surface area contributed by atoms with E-state index in [4.69, 9.17) is 18.0 Å². The number of anilines is 1. The maximum Gasteiger partial charge on any atom is 0.124 e. The van der Waals surface area contributed by atoms with Crippen molar-refractivity contribution in [1.29, 1.82) is 0 Å². The Hall–Kier alpha value is -1.20. The van der Waals surface area contributed by atoms with Gasteiger partial charge in [0.15, 0.2) is 0 Å². The molecule has 1 saturated heterocycles. The first-order valence-electron chi connectivity index (χ1n) is 6.34. The summed E-state index contributed by atoms with van der Waals surface area (Å²) in [6.07, 6.45) is 4.20. The molecule has 1 aromatic heterocycles. The second-order valence-corrected chi connectivity index (χ2v) is 5.33. The first-order chi connectivity index (χ1) is 8.66. The van der Waals surface area contributed by atoms with Gasteiger partial charge in [0.25, 0.3) is 0 Å². The molecule has 0 aliphatic carbocycles. The fraction of sp³-hybridized carbons (Fsp3) is 0.538. The molecular weight excluding hydrogens is 244 g/mol. The molecule has 1 fully saturated rings. The lowest BCUT2D eigenvalue weighted by Crippen LogP contribution is -2.33. The van der Waals surface area contributed by atoms with E-state index in [2.05, 4.69) is 22.2 Å². The Labute approximate surface area is 114 Å². The van der Waals surface area contributed by atoms with Gasteiger partial charge in [-0.1, -0.05) is 12.2 Å². The van der Waals surface area contributed by atoms with Crippen molar-refractivity contribution in [3.05, 3.63) is 24.0 Å². The Morgan fingerprint density at radius 1 is 1.56 bits per heavy atom. The highest BCUT2D eigenvalue weighted by Crippen LogP contribution is 2.18. The average molecular weight is 264 g/mol. The summed E-state index contributed by atoms with van der Waals surface area (Å²) < 4.78 is 0. The Morgan fingerprint density at radius 3 is 2.94 bits per heavy atom. The highest BCUT2D eigenvalue weighted by Gasteiger charge is 2.16. The van der Waals surface area contributed by atoms with Crippen LogP contribution in [0.1, 0.15) is 18.5 Å². The van der Waals surface area contributed by atoms with Crippen LogP contribution in [0.2, 0.25) is 0 Å². The third kappa shape index (κ3) is 3.40. The second kappa shape index (κ2) is 6.11. The van der Waals surface area contributed by atoms with Crippen molar-refractivity contribution in [1.82, 2.24) is 9.88 Å². The van der Waals surface area contributed by atoms with Gasteiger partial charge in [-0.2, -0.15) is 0 Å². The number of likely N-dealkylation sites (tertiary alicyclic amines) is 1. The van der Waals surface area contributed by atoms with Crippen LogP contribution in [0, 0.1) is 5.92 Å².